The number of nitriles is 1. The number of anilines is 2. The molecule has 0 aliphatic carbocycles. The van der Waals surface area contributed by atoms with Crippen LogP contribution in [0.15, 0.2) is 66.9 Å². The third kappa shape index (κ3) is 5.06. The van der Waals surface area contributed by atoms with Crippen LogP contribution in [0.25, 0.3) is 0 Å². The summed E-state index contributed by atoms with van der Waals surface area (Å²) in [5.74, 6) is -0.365. The van der Waals surface area contributed by atoms with Gasteiger partial charge in [-0.2, -0.15) is 5.26 Å². The summed E-state index contributed by atoms with van der Waals surface area (Å²) >= 11 is 5.99. The van der Waals surface area contributed by atoms with Crippen molar-refractivity contribution in [1.29, 1.82) is 5.26 Å². The van der Waals surface area contributed by atoms with E-state index < -0.39 is 0 Å². The van der Waals surface area contributed by atoms with E-state index in [9.17, 15) is 4.79 Å². The lowest BCUT2D eigenvalue weighted by molar-refractivity contribution is 0.102. The van der Waals surface area contributed by atoms with Crippen molar-refractivity contribution in [2.75, 3.05) is 17.2 Å². The number of hydrogen-bond donors (Lipinski definition) is 2. The second kappa shape index (κ2) is 8.84. The number of aromatic nitrogens is 1. The van der Waals surface area contributed by atoms with Gasteiger partial charge in [0.15, 0.2) is 0 Å². The minimum atomic E-state index is -0.365. The van der Waals surface area contributed by atoms with E-state index in [1.807, 2.05) is 24.3 Å². The third-order valence-electron chi connectivity index (χ3n) is 3.92. The van der Waals surface area contributed by atoms with Crippen LogP contribution in [0.2, 0.25) is 5.02 Å². The minimum Gasteiger partial charge on any atom is -0.385 e. The van der Waals surface area contributed by atoms with Gasteiger partial charge in [0.2, 0.25) is 0 Å². The second-order valence-corrected chi connectivity index (χ2v) is 6.28. The molecule has 5 nitrogen and oxygen atoms in total. The molecule has 0 aliphatic rings. The van der Waals surface area contributed by atoms with Crippen LogP contribution in [-0.4, -0.2) is 17.4 Å². The zero-order valence-corrected chi connectivity index (χ0v) is 15.2. The van der Waals surface area contributed by atoms with Crippen LogP contribution in [0.4, 0.5) is 11.4 Å². The van der Waals surface area contributed by atoms with E-state index in [1.165, 1.54) is 0 Å². The van der Waals surface area contributed by atoms with Crippen LogP contribution < -0.4 is 10.6 Å². The molecule has 0 saturated carbocycles. The van der Waals surface area contributed by atoms with Crippen molar-refractivity contribution in [1.82, 2.24) is 4.98 Å². The normalized spacial score (nSPS) is 10.1. The van der Waals surface area contributed by atoms with E-state index in [0.717, 1.165) is 17.7 Å². The molecule has 1 heterocycles. The molecule has 0 atom stereocenters. The smallest absolute Gasteiger partial charge is 0.274 e. The highest BCUT2D eigenvalue weighted by Gasteiger charge is 2.10. The monoisotopic (exact) mass is 376 g/mol. The molecule has 1 aromatic heterocycles. The van der Waals surface area contributed by atoms with Crippen LogP contribution in [0.5, 0.6) is 0 Å². The summed E-state index contributed by atoms with van der Waals surface area (Å²) in [7, 11) is 0. The van der Waals surface area contributed by atoms with Crippen LogP contribution >= 0.6 is 11.6 Å². The molecule has 0 bridgehead atoms. The quantitative estimate of drug-likeness (QED) is 0.663. The van der Waals surface area contributed by atoms with E-state index >= 15 is 0 Å². The molecule has 6 heteroatoms. The van der Waals surface area contributed by atoms with Crippen molar-refractivity contribution in [3.8, 4) is 6.07 Å². The number of nitrogens with one attached hydrogen (secondary N) is 2. The van der Waals surface area contributed by atoms with Crippen molar-refractivity contribution in [3.63, 3.8) is 0 Å². The molecule has 0 spiro atoms. The van der Waals surface area contributed by atoms with Gasteiger partial charge in [-0.15, -0.1) is 0 Å². The average molecular weight is 377 g/mol. The Kier molecular flexibility index (Phi) is 6.03. The number of benzene rings is 2. The van der Waals surface area contributed by atoms with E-state index in [4.69, 9.17) is 16.9 Å². The van der Waals surface area contributed by atoms with Gasteiger partial charge in [-0.1, -0.05) is 35.9 Å². The molecular weight excluding hydrogens is 360 g/mol. The van der Waals surface area contributed by atoms with Gasteiger partial charge in [-0.3, -0.25) is 9.78 Å². The number of pyridine rings is 1. The van der Waals surface area contributed by atoms with Crippen LogP contribution in [-0.2, 0) is 6.42 Å². The van der Waals surface area contributed by atoms with E-state index in [1.54, 1.807) is 42.6 Å². The number of para-hydroxylation sites is 1. The van der Waals surface area contributed by atoms with Gasteiger partial charge < -0.3 is 10.6 Å². The zero-order chi connectivity index (χ0) is 19.1. The van der Waals surface area contributed by atoms with Gasteiger partial charge in [-0.25, -0.2) is 0 Å². The minimum absolute atomic E-state index is 0.274. The Morgan fingerprint density at radius 2 is 1.96 bits per heavy atom. The van der Waals surface area contributed by atoms with Crippen molar-refractivity contribution in [3.05, 3.63) is 88.7 Å². The Balaban J connectivity index is 1.63. The summed E-state index contributed by atoms with van der Waals surface area (Å²) in [6.07, 6.45) is 2.38. The number of hydrogen-bond acceptors (Lipinski definition) is 4. The molecule has 3 aromatic rings. The molecule has 1 amide bonds. The molecule has 0 radical (unpaired) electrons. The lowest BCUT2D eigenvalue weighted by atomic mass is 10.1. The molecular formula is C21H17ClN4O. The number of rotatable bonds is 6. The highest BCUT2D eigenvalue weighted by molar-refractivity contribution is 6.30. The maximum Gasteiger partial charge on any atom is 0.274 e. The summed E-state index contributed by atoms with van der Waals surface area (Å²) in [5.41, 5.74) is 3.07. The second-order valence-electron chi connectivity index (χ2n) is 5.85. The summed E-state index contributed by atoms with van der Waals surface area (Å²) < 4.78 is 0. The third-order valence-corrected chi connectivity index (χ3v) is 4.16. The fraction of sp³-hybridized carbons (Fsp3) is 0.0952. The summed E-state index contributed by atoms with van der Waals surface area (Å²) in [4.78, 5) is 16.6. The maximum atomic E-state index is 12.4. The number of carbonyl (C=O) groups excluding carboxylic acids is 1. The lowest BCUT2D eigenvalue weighted by Crippen LogP contribution is -2.15. The first kappa shape index (κ1) is 18.4. The Hall–Kier alpha value is -3.36. The first-order valence-electron chi connectivity index (χ1n) is 8.40. The average Bonchev–Trinajstić information content (AvgIpc) is 2.69. The van der Waals surface area contributed by atoms with Crippen molar-refractivity contribution in [2.24, 2.45) is 0 Å². The number of carbonyl (C=O) groups is 1. The lowest BCUT2D eigenvalue weighted by Gasteiger charge is -2.09. The molecule has 2 aromatic carbocycles. The molecule has 0 fully saturated rings. The number of nitrogens with zero attached hydrogens (tertiary/aromatic N) is 2. The predicted molar refractivity (Wildman–Crippen MR) is 107 cm³/mol. The fourth-order valence-corrected chi connectivity index (χ4v) is 2.80. The molecule has 27 heavy (non-hydrogen) atoms. The largest absolute Gasteiger partial charge is 0.385 e. The van der Waals surface area contributed by atoms with Gasteiger partial charge in [-0.05, 0) is 48.4 Å². The van der Waals surface area contributed by atoms with E-state index in [2.05, 4.69) is 21.7 Å². The Bertz CT molecular complexity index is 997. The van der Waals surface area contributed by atoms with Crippen molar-refractivity contribution < 1.29 is 4.79 Å². The molecule has 0 aliphatic heterocycles. The molecule has 0 unspecified atom stereocenters. The van der Waals surface area contributed by atoms with E-state index in [0.29, 0.717) is 22.8 Å². The highest BCUT2D eigenvalue weighted by atomic mass is 35.5. The number of halogens is 1. The summed E-state index contributed by atoms with van der Waals surface area (Å²) in [5, 5.41) is 15.8. The molecule has 3 rings (SSSR count). The maximum absolute atomic E-state index is 12.4. The summed E-state index contributed by atoms with van der Waals surface area (Å²) in [6.45, 7) is 0.697. The predicted octanol–water partition coefficient (Wildman–Crippen LogP) is 4.51. The molecule has 2 N–H and O–H groups in total. The molecule has 0 saturated heterocycles. The van der Waals surface area contributed by atoms with Gasteiger partial charge >= 0.3 is 0 Å². The zero-order valence-electron chi connectivity index (χ0n) is 14.4. The van der Waals surface area contributed by atoms with Gasteiger partial charge in [0, 0.05) is 23.5 Å². The first-order valence-corrected chi connectivity index (χ1v) is 8.78. The molecule has 134 valence electrons. The SMILES string of the molecule is N#Cc1ccccc1NC(=O)c1cc(NCCc2cccc(Cl)c2)ccn1. The van der Waals surface area contributed by atoms with Crippen molar-refractivity contribution >= 4 is 28.9 Å². The van der Waals surface area contributed by atoms with Crippen LogP contribution in [0, 0.1) is 11.3 Å². The van der Waals surface area contributed by atoms with Gasteiger partial charge in [0.1, 0.15) is 11.8 Å². The Morgan fingerprint density at radius 3 is 2.78 bits per heavy atom. The van der Waals surface area contributed by atoms with Gasteiger partial charge in [0.25, 0.3) is 5.91 Å². The Labute approximate surface area is 162 Å². The fourth-order valence-electron chi connectivity index (χ4n) is 2.58. The van der Waals surface area contributed by atoms with Crippen LogP contribution in [0.3, 0.4) is 0 Å². The van der Waals surface area contributed by atoms with E-state index in [-0.39, 0.29) is 11.6 Å². The van der Waals surface area contributed by atoms with Crippen molar-refractivity contribution in [2.45, 2.75) is 6.42 Å². The van der Waals surface area contributed by atoms with Gasteiger partial charge in [0.05, 0.1) is 11.3 Å². The van der Waals surface area contributed by atoms with Crippen LogP contribution in [0.1, 0.15) is 21.6 Å². The first-order chi connectivity index (χ1) is 13.2. The Morgan fingerprint density at radius 1 is 1.11 bits per heavy atom. The standard InChI is InChI=1S/C21H17ClN4O/c22-17-6-3-4-15(12-17)8-10-24-18-9-11-25-20(13-18)21(27)26-19-7-2-1-5-16(19)14-23/h1-7,9,11-13H,8,10H2,(H,24,25)(H,26,27). The highest BCUT2D eigenvalue weighted by Crippen LogP contribution is 2.16. The summed E-state index contributed by atoms with van der Waals surface area (Å²) in [6, 6.07) is 20.1. The number of amides is 1. The topological polar surface area (TPSA) is 77.8 Å².